The van der Waals surface area contributed by atoms with Crippen LogP contribution in [0.15, 0.2) is 24.3 Å². The highest BCUT2D eigenvalue weighted by Crippen LogP contribution is 2.44. The molecule has 8 rings (SSSR count). The Bertz CT molecular complexity index is 1640. The number of benzene rings is 2. The van der Waals surface area contributed by atoms with E-state index in [0.717, 1.165) is 49.6 Å². The molecule has 10 heteroatoms. The first kappa shape index (κ1) is 27.3. The molecule has 4 atom stereocenters. The van der Waals surface area contributed by atoms with Gasteiger partial charge in [-0.2, -0.15) is 21.7 Å². The number of ether oxygens (including phenoxy) is 1. The summed E-state index contributed by atoms with van der Waals surface area (Å²) in [6, 6.07) is 6.61. The van der Waals surface area contributed by atoms with E-state index in [1.807, 2.05) is 0 Å². The number of halogens is 2. The van der Waals surface area contributed by atoms with Crippen molar-refractivity contribution in [2.45, 2.75) is 67.3 Å². The first-order valence-corrected chi connectivity index (χ1v) is 16.3. The lowest BCUT2D eigenvalue weighted by Gasteiger charge is -2.37. The van der Waals surface area contributed by atoms with Gasteiger partial charge in [-0.25, -0.2) is 8.78 Å². The molecule has 6 heterocycles. The Morgan fingerprint density at radius 1 is 1.12 bits per heavy atom. The summed E-state index contributed by atoms with van der Waals surface area (Å²) in [4.78, 5) is 16.8. The maximum atomic E-state index is 14.8. The standard InChI is InChI=1S/C33H35F2N5O2S/c1-2-25-27(35)7-4-20-12-22(41)13-29(30(20)25)38-11-8-26-28(18-38)36-32(37-31(26)39-16-23-5-6-24(17-39)43-23)42-19-33-9-3-10-40(33)15-21(34)14-33/h1,4,7,12-13,21,23-24,41H,3,5-6,8-11,14-19H2/t21-,23?,24?,33+/m1/s1. The molecule has 5 aliphatic rings. The van der Waals surface area contributed by atoms with Crippen molar-refractivity contribution in [1.82, 2.24) is 14.9 Å². The molecular formula is C33H35F2N5O2S. The quantitative estimate of drug-likeness (QED) is 0.407. The molecule has 224 valence electrons. The maximum Gasteiger partial charge on any atom is 0.318 e. The molecule has 1 aromatic heterocycles. The van der Waals surface area contributed by atoms with E-state index in [4.69, 9.17) is 21.1 Å². The lowest BCUT2D eigenvalue weighted by atomic mass is 9.95. The lowest BCUT2D eigenvalue weighted by Crippen LogP contribution is -2.44. The molecule has 0 radical (unpaired) electrons. The van der Waals surface area contributed by atoms with Crippen LogP contribution in [0.1, 0.15) is 48.9 Å². The van der Waals surface area contributed by atoms with Crippen LogP contribution in [0.2, 0.25) is 0 Å². The molecule has 2 unspecified atom stereocenters. The van der Waals surface area contributed by atoms with Crippen LogP contribution in [-0.4, -0.2) is 81.5 Å². The summed E-state index contributed by atoms with van der Waals surface area (Å²) in [5.41, 5.74) is 2.57. The van der Waals surface area contributed by atoms with Crippen LogP contribution in [0, 0.1) is 18.2 Å². The summed E-state index contributed by atoms with van der Waals surface area (Å²) in [5, 5.41) is 13.1. The number of rotatable bonds is 5. The Kier molecular flexibility index (Phi) is 6.60. The number of hydrogen-bond acceptors (Lipinski definition) is 8. The van der Waals surface area contributed by atoms with E-state index in [2.05, 4.69) is 32.4 Å². The predicted molar refractivity (Wildman–Crippen MR) is 165 cm³/mol. The Hall–Kier alpha value is -3.29. The number of aromatic hydroxyl groups is 1. The zero-order valence-corrected chi connectivity index (χ0v) is 24.9. The van der Waals surface area contributed by atoms with Gasteiger partial charge in [-0.3, -0.25) is 4.90 Å². The molecule has 5 aliphatic heterocycles. The molecule has 0 saturated carbocycles. The second-order valence-corrected chi connectivity index (χ2v) is 14.4. The van der Waals surface area contributed by atoms with Gasteiger partial charge < -0.3 is 19.6 Å². The van der Waals surface area contributed by atoms with E-state index in [-0.39, 0.29) is 16.9 Å². The van der Waals surface area contributed by atoms with Crippen molar-refractivity contribution in [2.75, 3.05) is 49.1 Å². The van der Waals surface area contributed by atoms with Gasteiger partial charge >= 0.3 is 6.01 Å². The topological polar surface area (TPSA) is 65.0 Å². The van der Waals surface area contributed by atoms with E-state index in [1.54, 1.807) is 18.2 Å². The largest absolute Gasteiger partial charge is 0.508 e. The first-order valence-electron chi connectivity index (χ1n) is 15.4. The molecule has 0 aliphatic carbocycles. The first-order chi connectivity index (χ1) is 20.9. The van der Waals surface area contributed by atoms with Gasteiger partial charge in [0.2, 0.25) is 0 Å². The molecule has 2 bridgehead atoms. The van der Waals surface area contributed by atoms with Crippen molar-refractivity contribution < 1.29 is 18.6 Å². The SMILES string of the molecule is C#Cc1c(F)ccc2cc(O)cc(N3CCc4c(nc(OC[C@@]56CCCN5C[C@H](F)C6)nc4N4CC5CCC(C4)S5)C3)c12. The molecule has 4 saturated heterocycles. The van der Waals surface area contributed by atoms with Gasteiger partial charge in [-0.1, -0.05) is 12.0 Å². The van der Waals surface area contributed by atoms with E-state index in [9.17, 15) is 13.9 Å². The van der Waals surface area contributed by atoms with Gasteiger partial charge in [-0.05, 0) is 56.2 Å². The third-order valence-corrected chi connectivity index (χ3v) is 11.7. The molecule has 0 amide bonds. The average molecular weight is 604 g/mol. The van der Waals surface area contributed by atoms with Crippen molar-refractivity contribution in [3.63, 3.8) is 0 Å². The van der Waals surface area contributed by atoms with E-state index in [1.165, 1.54) is 18.9 Å². The average Bonchev–Trinajstić information content (AvgIpc) is 3.65. The number of hydrogen-bond donors (Lipinski definition) is 1. The maximum absolute atomic E-state index is 14.8. The fraction of sp³-hybridized carbons (Fsp3) is 0.515. The number of terminal acetylenes is 1. The number of thioether (sulfide) groups is 1. The van der Waals surface area contributed by atoms with Crippen molar-refractivity contribution in [1.29, 1.82) is 0 Å². The Morgan fingerprint density at radius 3 is 2.77 bits per heavy atom. The molecular weight excluding hydrogens is 568 g/mol. The number of aromatic nitrogens is 2. The fourth-order valence-electron chi connectivity index (χ4n) is 8.15. The van der Waals surface area contributed by atoms with Gasteiger partial charge in [0, 0.05) is 65.8 Å². The van der Waals surface area contributed by atoms with Gasteiger partial charge in [0.05, 0.1) is 23.3 Å². The molecule has 0 spiro atoms. The normalized spacial score (nSPS) is 28.3. The summed E-state index contributed by atoms with van der Waals surface area (Å²) in [6.07, 6.45) is 10.6. The van der Waals surface area contributed by atoms with Crippen molar-refractivity contribution >= 4 is 34.0 Å². The summed E-state index contributed by atoms with van der Waals surface area (Å²) >= 11 is 2.10. The van der Waals surface area contributed by atoms with Crippen LogP contribution < -0.4 is 14.5 Å². The predicted octanol–water partition coefficient (Wildman–Crippen LogP) is 5.06. The summed E-state index contributed by atoms with van der Waals surface area (Å²) in [7, 11) is 0. The summed E-state index contributed by atoms with van der Waals surface area (Å²) in [6.45, 7) is 4.75. The van der Waals surface area contributed by atoms with Crippen LogP contribution in [0.5, 0.6) is 11.8 Å². The van der Waals surface area contributed by atoms with Crippen molar-refractivity contribution in [3.8, 4) is 24.1 Å². The summed E-state index contributed by atoms with van der Waals surface area (Å²) in [5.74, 6) is 3.11. The lowest BCUT2D eigenvalue weighted by molar-refractivity contribution is 0.107. The zero-order valence-electron chi connectivity index (χ0n) is 24.1. The number of alkyl halides is 1. The highest BCUT2D eigenvalue weighted by atomic mass is 32.2. The summed E-state index contributed by atoms with van der Waals surface area (Å²) < 4.78 is 35.7. The van der Waals surface area contributed by atoms with Crippen LogP contribution in [-0.2, 0) is 13.0 Å². The van der Waals surface area contributed by atoms with Crippen molar-refractivity contribution in [3.05, 3.63) is 46.9 Å². The monoisotopic (exact) mass is 603 g/mol. The molecule has 7 nitrogen and oxygen atoms in total. The van der Waals surface area contributed by atoms with Gasteiger partial charge in [0.15, 0.2) is 0 Å². The Morgan fingerprint density at radius 2 is 1.95 bits per heavy atom. The van der Waals surface area contributed by atoms with Gasteiger partial charge in [-0.15, -0.1) is 6.42 Å². The fourth-order valence-corrected chi connectivity index (χ4v) is 9.77. The van der Waals surface area contributed by atoms with Gasteiger partial charge in [0.25, 0.3) is 0 Å². The highest BCUT2D eigenvalue weighted by Gasteiger charge is 2.49. The Labute approximate surface area is 254 Å². The molecule has 43 heavy (non-hydrogen) atoms. The van der Waals surface area contributed by atoms with Crippen molar-refractivity contribution in [2.24, 2.45) is 0 Å². The minimum absolute atomic E-state index is 0.0969. The van der Waals surface area contributed by atoms with Crippen LogP contribution >= 0.6 is 11.8 Å². The number of anilines is 2. The minimum Gasteiger partial charge on any atom is -0.508 e. The van der Waals surface area contributed by atoms with Gasteiger partial charge in [0.1, 0.15) is 30.2 Å². The second-order valence-electron chi connectivity index (χ2n) is 12.8. The zero-order chi connectivity index (χ0) is 29.3. The number of phenolic OH excluding ortho intramolecular Hbond substituents is 1. The van der Waals surface area contributed by atoms with Crippen LogP contribution in [0.4, 0.5) is 20.3 Å². The van der Waals surface area contributed by atoms with E-state index >= 15 is 0 Å². The van der Waals surface area contributed by atoms with Crippen LogP contribution in [0.25, 0.3) is 10.8 Å². The molecule has 1 N–H and O–H groups in total. The minimum atomic E-state index is -0.825. The number of nitrogens with zero attached hydrogens (tertiary/aromatic N) is 5. The third kappa shape index (κ3) is 4.67. The molecule has 4 fully saturated rings. The smallest absolute Gasteiger partial charge is 0.318 e. The molecule has 2 aromatic carbocycles. The highest BCUT2D eigenvalue weighted by molar-refractivity contribution is 8.00. The van der Waals surface area contributed by atoms with Crippen LogP contribution in [0.3, 0.4) is 0 Å². The number of fused-ring (bicyclic) bond motifs is 5. The third-order valence-electron chi connectivity index (χ3n) is 10.1. The Balaban J connectivity index is 1.17. The molecule has 3 aromatic rings. The van der Waals surface area contributed by atoms with E-state index in [0.29, 0.717) is 72.1 Å². The van der Waals surface area contributed by atoms with E-state index < -0.39 is 12.0 Å². The second kappa shape index (κ2) is 10.4. The number of phenols is 1.